The number of aliphatic hydroxyl groups excluding tert-OH is 1. The van der Waals surface area contributed by atoms with E-state index in [9.17, 15) is 18.3 Å². The summed E-state index contributed by atoms with van der Waals surface area (Å²) >= 11 is 0. The average Bonchev–Trinajstić information content (AvgIpc) is 3.17. The molecule has 11 nitrogen and oxygen atoms in total. The molecule has 0 aliphatic rings. The van der Waals surface area contributed by atoms with Gasteiger partial charge in [0.25, 0.3) is 5.56 Å². The zero-order valence-electron chi connectivity index (χ0n) is 21.6. The van der Waals surface area contributed by atoms with Gasteiger partial charge in [0.2, 0.25) is 10.0 Å². The number of likely N-dealkylation sites (N-methyl/N-ethyl adjacent to an activating group) is 2. The first kappa shape index (κ1) is 27.8. The van der Waals surface area contributed by atoms with Crippen LogP contribution in [0.25, 0.3) is 22.4 Å². The van der Waals surface area contributed by atoms with Gasteiger partial charge in [-0.1, -0.05) is 20.3 Å². The molecule has 2 heterocycles. The summed E-state index contributed by atoms with van der Waals surface area (Å²) in [5.41, 5.74) is 1.60. The molecule has 0 radical (unpaired) electrons. The minimum absolute atomic E-state index is 0.0129. The summed E-state index contributed by atoms with van der Waals surface area (Å²) in [6.07, 6.45) is 1.50. The van der Waals surface area contributed by atoms with Gasteiger partial charge < -0.3 is 19.7 Å². The van der Waals surface area contributed by atoms with Crippen LogP contribution in [-0.4, -0.2) is 88.9 Å². The Morgan fingerprint density at radius 2 is 1.92 bits per heavy atom. The van der Waals surface area contributed by atoms with E-state index in [4.69, 9.17) is 9.72 Å². The molecule has 2 N–H and O–H groups in total. The van der Waals surface area contributed by atoms with Crippen LogP contribution in [0.3, 0.4) is 0 Å². The fraction of sp³-hybridized carbons (Fsp3) is 0.542. The lowest BCUT2D eigenvalue weighted by Crippen LogP contribution is -2.37. The monoisotopic (exact) mass is 520 g/mol. The molecule has 2 aromatic heterocycles. The number of aromatic amines is 1. The van der Waals surface area contributed by atoms with Crippen molar-refractivity contribution >= 4 is 21.1 Å². The number of sulfonamides is 1. The van der Waals surface area contributed by atoms with Crippen LogP contribution < -0.4 is 10.3 Å². The molecule has 0 atom stereocenters. The van der Waals surface area contributed by atoms with Crippen molar-refractivity contribution in [1.82, 2.24) is 29.0 Å². The molecule has 1 aromatic carbocycles. The van der Waals surface area contributed by atoms with Gasteiger partial charge in [-0.25, -0.2) is 13.4 Å². The highest BCUT2D eigenvalue weighted by atomic mass is 32.2. The Kier molecular flexibility index (Phi) is 9.23. The number of aromatic nitrogens is 4. The summed E-state index contributed by atoms with van der Waals surface area (Å²) in [6.45, 7) is 8.12. The van der Waals surface area contributed by atoms with Gasteiger partial charge in [0, 0.05) is 33.7 Å². The standard InChI is InChI=1S/C24H36N6O5S/c1-6-9-19-21-22(29(5)27-19)24(32)26-23(25-21)18-16-17(10-11-20(18)35-8-3)36(33,34)28(4)12-13-30(7-2)14-15-31/h10-11,16,31H,6-9,12-15H2,1-5H3,(H,25,26,32). The normalized spacial score (nSPS) is 12.2. The molecule has 0 bridgehead atoms. The van der Waals surface area contributed by atoms with Crippen molar-refractivity contribution in [2.75, 3.05) is 46.4 Å². The van der Waals surface area contributed by atoms with Gasteiger partial charge in [-0.2, -0.15) is 9.40 Å². The summed E-state index contributed by atoms with van der Waals surface area (Å²) in [4.78, 5) is 22.5. The Morgan fingerprint density at radius 1 is 1.17 bits per heavy atom. The topological polar surface area (TPSA) is 134 Å². The lowest BCUT2D eigenvalue weighted by molar-refractivity contribution is 0.196. The molecule has 0 saturated heterocycles. The molecule has 198 valence electrons. The molecule has 0 aliphatic heterocycles. The van der Waals surface area contributed by atoms with Gasteiger partial charge in [0.15, 0.2) is 5.52 Å². The Bertz CT molecular complexity index is 1350. The van der Waals surface area contributed by atoms with E-state index in [1.54, 1.807) is 13.1 Å². The zero-order valence-corrected chi connectivity index (χ0v) is 22.4. The van der Waals surface area contributed by atoms with Crippen LogP contribution in [0.15, 0.2) is 27.9 Å². The second-order valence-electron chi connectivity index (χ2n) is 8.51. The maximum absolute atomic E-state index is 13.4. The minimum atomic E-state index is -3.83. The third-order valence-corrected chi connectivity index (χ3v) is 7.91. The number of aliphatic hydroxyl groups is 1. The third kappa shape index (κ3) is 5.77. The number of nitrogens with zero attached hydrogens (tertiary/aromatic N) is 5. The smallest absolute Gasteiger partial charge is 0.277 e. The van der Waals surface area contributed by atoms with E-state index >= 15 is 0 Å². The predicted octanol–water partition coefficient (Wildman–Crippen LogP) is 1.61. The van der Waals surface area contributed by atoms with Crippen LogP contribution in [0.1, 0.15) is 32.9 Å². The van der Waals surface area contributed by atoms with Gasteiger partial charge >= 0.3 is 0 Å². The second-order valence-corrected chi connectivity index (χ2v) is 10.6. The molecule has 3 rings (SSSR count). The zero-order chi connectivity index (χ0) is 26.5. The van der Waals surface area contributed by atoms with Crippen LogP contribution in [0.2, 0.25) is 0 Å². The molecule has 0 spiro atoms. The Hall–Kier alpha value is -2.80. The average molecular weight is 521 g/mol. The quantitative estimate of drug-likeness (QED) is 0.347. The SMILES string of the molecule is CCCc1nn(C)c2c(=O)[nH]c(-c3cc(S(=O)(=O)N(C)CCN(CC)CCO)ccc3OCC)nc12. The van der Waals surface area contributed by atoms with E-state index in [-0.39, 0.29) is 29.4 Å². The van der Waals surface area contributed by atoms with E-state index in [0.29, 0.717) is 60.7 Å². The van der Waals surface area contributed by atoms with E-state index in [1.165, 1.54) is 28.2 Å². The lowest BCUT2D eigenvalue weighted by Gasteiger charge is -2.23. The summed E-state index contributed by atoms with van der Waals surface area (Å²) in [5, 5.41) is 13.6. The summed E-state index contributed by atoms with van der Waals surface area (Å²) < 4.78 is 35.3. The van der Waals surface area contributed by atoms with Crippen LogP contribution >= 0.6 is 0 Å². The highest BCUT2D eigenvalue weighted by molar-refractivity contribution is 7.89. The number of hydrogen-bond acceptors (Lipinski definition) is 8. The summed E-state index contributed by atoms with van der Waals surface area (Å²) in [5.74, 6) is 0.642. The van der Waals surface area contributed by atoms with Crippen LogP contribution in [0, 0.1) is 0 Å². The first-order chi connectivity index (χ1) is 17.2. The van der Waals surface area contributed by atoms with Gasteiger partial charge in [0.1, 0.15) is 17.1 Å². The number of benzene rings is 1. The van der Waals surface area contributed by atoms with Crippen molar-refractivity contribution in [3.8, 4) is 17.1 Å². The molecule has 0 unspecified atom stereocenters. The molecule has 3 aromatic rings. The maximum atomic E-state index is 13.4. The highest BCUT2D eigenvalue weighted by Crippen LogP contribution is 2.32. The van der Waals surface area contributed by atoms with E-state index < -0.39 is 10.0 Å². The Morgan fingerprint density at radius 3 is 2.56 bits per heavy atom. The molecule has 0 amide bonds. The number of H-pyrrole nitrogens is 1. The lowest BCUT2D eigenvalue weighted by atomic mass is 10.1. The molecular weight excluding hydrogens is 484 g/mol. The fourth-order valence-corrected chi connectivity index (χ4v) is 5.26. The number of aryl methyl sites for hydroxylation is 2. The van der Waals surface area contributed by atoms with Crippen molar-refractivity contribution in [2.24, 2.45) is 7.05 Å². The first-order valence-electron chi connectivity index (χ1n) is 12.2. The number of ether oxygens (including phenoxy) is 1. The van der Waals surface area contributed by atoms with Crippen molar-refractivity contribution in [2.45, 2.75) is 38.5 Å². The van der Waals surface area contributed by atoms with E-state index in [0.717, 1.165) is 6.42 Å². The molecule has 0 fully saturated rings. The predicted molar refractivity (Wildman–Crippen MR) is 139 cm³/mol. The van der Waals surface area contributed by atoms with E-state index in [1.807, 2.05) is 25.7 Å². The van der Waals surface area contributed by atoms with E-state index in [2.05, 4.69) is 10.1 Å². The van der Waals surface area contributed by atoms with Crippen molar-refractivity contribution in [3.63, 3.8) is 0 Å². The van der Waals surface area contributed by atoms with Gasteiger partial charge in [-0.15, -0.1) is 0 Å². The summed E-state index contributed by atoms with van der Waals surface area (Å²) in [6, 6.07) is 4.57. The van der Waals surface area contributed by atoms with Gasteiger partial charge in [-0.05, 0) is 38.1 Å². The molecule has 0 saturated carbocycles. The van der Waals surface area contributed by atoms with Gasteiger partial charge in [-0.3, -0.25) is 9.48 Å². The highest BCUT2D eigenvalue weighted by Gasteiger charge is 2.24. The van der Waals surface area contributed by atoms with Crippen LogP contribution in [0.4, 0.5) is 0 Å². The fourth-order valence-electron chi connectivity index (χ4n) is 4.07. The number of hydrogen-bond donors (Lipinski definition) is 2. The number of fused-ring (bicyclic) bond motifs is 1. The van der Waals surface area contributed by atoms with Crippen LogP contribution in [0.5, 0.6) is 5.75 Å². The molecular formula is C24H36N6O5S. The molecule has 0 aliphatic carbocycles. The molecule has 12 heteroatoms. The van der Waals surface area contributed by atoms with Crippen molar-refractivity contribution in [3.05, 3.63) is 34.2 Å². The summed E-state index contributed by atoms with van der Waals surface area (Å²) in [7, 11) is -0.607. The largest absolute Gasteiger partial charge is 0.493 e. The van der Waals surface area contributed by atoms with Crippen LogP contribution in [-0.2, 0) is 23.5 Å². The van der Waals surface area contributed by atoms with Crippen molar-refractivity contribution < 1.29 is 18.3 Å². The Balaban J connectivity index is 2.06. The number of nitrogens with one attached hydrogen (secondary N) is 1. The maximum Gasteiger partial charge on any atom is 0.277 e. The van der Waals surface area contributed by atoms with Crippen molar-refractivity contribution in [1.29, 1.82) is 0 Å². The van der Waals surface area contributed by atoms with Gasteiger partial charge in [0.05, 0.1) is 29.4 Å². The minimum Gasteiger partial charge on any atom is -0.493 e. The molecule has 36 heavy (non-hydrogen) atoms. The third-order valence-electron chi connectivity index (χ3n) is 6.06. The Labute approximate surface area is 211 Å². The first-order valence-corrected chi connectivity index (χ1v) is 13.6. The second kappa shape index (κ2) is 12.0. The number of rotatable bonds is 13.